The Morgan fingerprint density at radius 3 is 1.89 bits per heavy atom. The fourth-order valence-electron chi connectivity index (χ4n) is 6.53. The van der Waals surface area contributed by atoms with Gasteiger partial charge in [0, 0.05) is 14.0 Å². The first-order valence-corrected chi connectivity index (χ1v) is 15.6. The van der Waals surface area contributed by atoms with E-state index in [1.165, 1.54) is 89.0 Å². The third-order valence-electron chi connectivity index (χ3n) is 9.00. The average Bonchev–Trinajstić information content (AvgIpc) is 2.96. The number of hydrogen-bond acceptors (Lipinski definition) is 2. The maximum absolute atomic E-state index is 12.7. The van der Waals surface area contributed by atoms with Crippen molar-refractivity contribution in [3.05, 3.63) is 65.2 Å². The van der Waals surface area contributed by atoms with E-state index < -0.39 is 0 Å². The molecule has 2 nitrogen and oxygen atoms in total. The van der Waals surface area contributed by atoms with E-state index >= 15 is 0 Å². The van der Waals surface area contributed by atoms with E-state index in [1.54, 1.807) is 0 Å². The molecule has 2 heteroatoms. The molecular weight excluding hydrogens is 464 g/mol. The Morgan fingerprint density at radius 2 is 1.29 bits per heavy atom. The summed E-state index contributed by atoms with van der Waals surface area (Å²) in [5, 5.41) is 0. The van der Waals surface area contributed by atoms with Crippen LogP contribution in [0.1, 0.15) is 136 Å². The summed E-state index contributed by atoms with van der Waals surface area (Å²) in [6, 6.07) is 16.5. The van der Waals surface area contributed by atoms with Crippen molar-refractivity contribution in [2.24, 2.45) is 17.8 Å². The van der Waals surface area contributed by atoms with E-state index in [9.17, 15) is 4.79 Å². The van der Waals surface area contributed by atoms with Gasteiger partial charge in [-0.1, -0.05) is 82.8 Å². The van der Waals surface area contributed by atoms with Crippen molar-refractivity contribution in [3.8, 4) is 17.6 Å². The minimum Gasteiger partial charge on any atom is -0.426 e. The fourth-order valence-corrected chi connectivity index (χ4v) is 6.53. The van der Waals surface area contributed by atoms with Crippen LogP contribution < -0.4 is 4.74 Å². The molecular formula is C36H52O2. The molecule has 0 amide bonds. The van der Waals surface area contributed by atoms with Crippen LogP contribution in [0.3, 0.4) is 0 Å². The van der Waals surface area contributed by atoms with Crippen molar-refractivity contribution >= 4 is 5.97 Å². The summed E-state index contributed by atoms with van der Waals surface area (Å²) in [5.41, 5.74) is 3.45. The third-order valence-corrected chi connectivity index (χ3v) is 9.00. The molecule has 0 unspecified atom stereocenters. The lowest BCUT2D eigenvalue weighted by Gasteiger charge is -2.28. The van der Waals surface area contributed by atoms with Gasteiger partial charge in [-0.05, 0) is 111 Å². The first-order valence-electron chi connectivity index (χ1n) is 15.6. The Balaban J connectivity index is 0.00000280. The Labute approximate surface area is 234 Å². The highest BCUT2D eigenvalue weighted by atomic mass is 16.5. The molecule has 4 rings (SSSR count). The van der Waals surface area contributed by atoms with Crippen molar-refractivity contribution in [1.82, 2.24) is 0 Å². The Morgan fingerprint density at radius 1 is 0.711 bits per heavy atom. The first kappa shape index (κ1) is 28.5. The average molecular weight is 517 g/mol. The van der Waals surface area contributed by atoms with Crippen LogP contribution >= 0.6 is 0 Å². The second kappa shape index (κ2) is 15.2. The summed E-state index contributed by atoms with van der Waals surface area (Å²) >= 11 is 0. The monoisotopic (exact) mass is 516 g/mol. The van der Waals surface area contributed by atoms with Crippen LogP contribution in [0.4, 0.5) is 0 Å². The van der Waals surface area contributed by atoms with Gasteiger partial charge in [-0.3, -0.25) is 4.79 Å². The molecule has 0 saturated heterocycles. The van der Waals surface area contributed by atoms with Gasteiger partial charge in [0.1, 0.15) is 5.75 Å². The molecule has 0 aromatic heterocycles. The van der Waals surface area contributed by atoms with E-state index in [1.807, 2.05) is 24.3 Å². The summed E-state index contributed by atoms with van der Waals surface area (Å²) in [7, 11) is 0. The highest BCUT2D eigenvalue weighted by Crippen LogP contribution is 2.37. The van der Waals surface area contributed by atoms with Crippen molar-refractivity contribution in [1.29, 1.82) is 0 Å². The minimum atomic E-state index is -0.0628. The van der Waals surface area contributed by atoms with Crippen LogP contribution in [0.5, 0.6) is 5.75 Å². The summed E-state index contributed by atoms with van der Waals surface area (Å²) < 4.78 is 5.72. The number of unbranched alkanes of at least 4 members (excludes halogenated alkanes) is 3. The molecule has 2 aliphatic carbocycles. The first-order chi connectivity index (χ1) is 18.6. The summed E-state index contributed by atoms with van der Waals surface area (Å²) in [6.07, 6.45) is 19.1. The molecule has 2 fully saturated rings. The number of hydrogen-bond donors (Lipinski definition) is 0. The zero-order valence-electron chi connectivity index (χ0n) is 23.9. The van der Waals surface area contributed by atoms with Crippen molar-refractivity contribution < 1.29 is 12.4 Å². The molecule has 0 aliphatic heterocycles. The molecule has 0 atom stereocenters. The number of benzene rings is 2. The maximum atomic E-state index is 12.7. The number of esters is 1. The van der Waals surface area contributed by atoms with Gasteiger partial charge in [0.25, 0.3) is 0 Å². The predicted octanol–water partition coefficient (Wildman–Crippen LogP) is 10.3. The van der Waals surface area contributed by atoms with E-state index in [2.05, 4.69) is 50.0 Å². The second-order valence-corrected chi connectivity index (χ2v) is 11.9. The molecule has 0 radical (unpaired) electrons. The van der Waals surface area contributed by atoms with E-state index in [0.717, 1.165) is 35.8 Å². The second-order valence-electron chi connectivity index (χ2n) is 11.9. The lowest BCUT2D eigenvalue weighted by molar-refractivity contribution is -0.140. The highest BCUT2D eigenvalue weighted by molar-refractivity contribution is 5.75. The van der Waals surface area contributed by atoms with E-state index in [-0.39, 0.29) is 14.7 Å². The van der Waals surface area contributed by atoms with Gasteiger partial charge in [0.2, 0.25) is 0 Å². The number of ether oxygens (including phenoxy) is 1. The van der Waals surface area contributed by atoms with Gasteiger partial charge >= 0.3 is 5.97 Å². The normalized spacial score (nSPS) is 23.3. The van der Waals surface area contributed by atoms with Gasteiger partial charge in [0.15, 0.2) is 0 Å². The lowest BCUT2D eigenvalue weighted by atomic mass is 9.77. The molecule has 0 spiro atoms. The molecule has 2 aromatic carbocycles. The SMILES string of the molecule is CCCCCCC1CCC(C(=O)Oc2ccc(C#Cc3ccc(C4CCC(CCC)CC4)cc3)cc2)CC1.[HH].[HH]. The molecule has 0 heterocycles. The number of carbonyl (C=O) groups excluding carboxylic acids is 1. The van der Waals surface area contributed by atoms with Gasteiger partial charge < -0.3 is 4.74 Å². The largest absolute Gasteiger partial charge is 0.426 e. The van der Waals surface area contributed by atoms with E-state index in [4.69, 9.17) is 4.74 Å². The van der Waals surface area contributed by atoms with Gasteiger partial charge in [0.05, 0.1) is 5.92 Å². The predicted molar refractivity (Wildman–Crippen MR) is 163 cm³/mol. The molecule has 2 aromatic rings. The zero-order valence-corrected chi connectivity index (χ0v) is 23.9. The zero-order chi connectivity index (χ0) is 26.6. The minimum absolute atomic E-state index is 0. The standard InChI is InChI=1S/C36H48O2.2H2/c1-3-5-6-7-9-29-16-24-34(25-17-29)36(37)38-35-26-18-31(19-27-35)11-10-30-14-22-33(23-15-30)32-20-12-28(8-4-2)13-21-32;;/h14-15,18-19,22-23,26-29,32,34H,3-9,12-13,16-17,20-21,24-25H2,1-2H3;2*1H. The van der Waals surface area contributed by atoms with Crippen LogP contribution in [0.2, 0.25) is 0 Å². The van der Waals surface area contributed by atoms with Crippen LogP contribution in [-0.4, -0.2) is 5.97 Å². The van der Waals surface area contributed by atoms with Crippen LogP contribution in [0, 0.1) is 29.6 Å². The topological polar surface area (TPSA) is 26.3 Å². The van der Waals surface area contributed by atoms with Crippen LogP contribution in [-0.2, 0) is 4.79 Å². The fraction of sp³-hybridized carbons (Fsp3) is 0.583. The summed E-state index contributed by atoms with van der Waals surface area (Å²) in [6.45, 7) is 4.56. The Bertz CT molecular complexity index is 1030. The van der Waals surface area contributed by atoms with E-state index in [0.29, 0.717) is 11.7 Å². The van der Waals surface area contributed by atoms with Crippen molar-refractivity contribution in [3.63, 3.8) is 0 Å². The molecule has 0 N–H and O–H groups in total. The summed E-state index contributed by atoms with van der Waals surface area (Å²) in [5.74, 6) is 9.63. The van der Waals surface area contributed by atoms with Crippen molar-refractivity contribution in [2.45, 2.75) is 116 Å². The van der Waals surface area contributed by atoms with Crippen molar-refractivity contribution in [2.75, 3.05) is 0 Å². The molecule has 208 valence electrons. The third kappa shape index (κ3) is 8.76. The Hall–Kier alpha value is -2.53. The van der Waals surface area contributed by atoms with Crippen LogP contribution in [0.15, 0.2) is 48.5 Å². The molecule has 2 saturated carbocycles. The summed E-state index contributed by atoms with van der Waals surface area (Å²) in [4.78, 5) is 12.7. The van der Waals surface area contributed by atoms with Gasteiger partial charge in [-0.2, -0.15) is 0 Å². The molecule has 2 aliphatic rings. The van der Waals surface area contributed by atoms with Gasteiger partial charge in [-0.25, -0.2) is 0 Å². The quantitative estimate of drug-likeness (QED) is 0.136. The van der Waals surface area contributed by atoms with Gasteiger partial charge in [-0.15, -0.1) is 0 Å². The number of rotatable bonds is 10. The molecule has 38 heavy (non-hydrogen) atoms. The molecule has 0 bridgehead atoms. The number of carbonyl (C=O) groups is 1. The maximum Gasteiger partial charge on any atom is 0.314 e. The Kier molecular flexibility index (Phi) is 11.4. The lowest BCUT2D eigenvalue weighted by Crippen LogP contribution is -2.25. The van der Waals surface area contributed by atoms with Crippen LogP contribution in [0.25, 0.3) is 0 Å². The highest BCUT2D eigenvalue weighted by Gasteiger charge is 2.27. The smallest absolute Gasteiger partial charge is 0.314 e.